The van der Waals surface area contributed by atoms with Crippen LogP contribution in [0.25, 0.3) is 0 Å². The molecule has 0 spiro atoms. The second-order valence-corrected chi connectivity index (χ2v) is 6.32. The Labute approximate surface area is 147 Å². The lowest BCUT2D eigenvalue weighted by molar-refractivity contribution is -0.130. The predicted octanol–water partition coefficient (Wildman–Crippen LogP) is 3.82. The van der Waals surface area contributed by atoms with Crippen LogP contribution in [-0.4, -0.2) is 36.5 Å². The number of anilines is 1. The third-order valence-electron chi connectivity index (χ3n) is 4.08. The summed E-state index contributed by atoms with van der Waals surface area (Å²) in [6, 6.07) is 17.6. The molecule has 1 atom stereocenters. The summed E-state index contributed by atoms with van der Waals surface area (Å²) in [6.07, 6.45) is 1.36. The van der Waals surface area contributed by atoms with Gasteiger partial charge in [0.1, 0.15) is 5.75 Å². The van der Waals surface area contributed by atoms with E-state index in [1.165, 1.54) is 0 Å². The fourth-order valence-corrected chi connectivity index (χ4v) is 2.95. The van der Waals surface area contributed by atoms with Gasteiger partial charge in [-0.1, -0.05) is 29.8 Å². The Morgan fingerprint density at radius 2 is 1.92 bits per heavy atom. The summed E-state index contributed by atoms with van der Waals surface area (Å²) in [5.74, 6) is 0.874. The first-order chi connectivity index (χ1) is 11.7. The maximum atomic E-state index is 12.3. The Hall–Kier alpha value is -2.20. The molecule has 0 radical (unpaired) electrons. The van der Waals surface area contributed by atoms with E-state index in [0.29, 0.717) is 24.1 Å². The molecule has 24 heavy (non-hydrogen) atoms. The maximum Gasteiger partial charge on any atom is 0.226 e. The minimum Gasteiger partial charge on any atom is -0.493 e. The highest BCUT2D eigenvalue weighted by molar-refractivity contribution is 6.30. The van der Waals surface area contributed by atoms with Crippen molar-refractivity contribution in [3.8, 4) is 5.75 Å². The molecule has 1 aliphatic rings. The third-order valence-corrected chi connectivity index (χ3v) is 4.34. The average molecular weight is 345 g/mol. The Bertz CT molecular complexity index is 661. The largest absolute Gasteiger partial charge is 0.493 e. The molecule has 1 fully saturated rings. The van der Waals surface area contributed by atoms with E-state index in [9.17, 15) is 4.79 Å². The van der Waals surface area contributed by atoms with Crippen LogP contribution in [0.15, 0.2) is 54.6 Å². The smallest absolute Gasteiger partial charge is 0.226 e. The van der Waals surface area contributed by atoms with Crippen LogP contribution in [0.3, 0.4) is 0 Å². The molecule has 0 saturated carbocycles. The van der Waals surface area contributed by atoms with Crippen LogP contribution in [-0.2, 0) is 4.79 Å². The Balaban J connectivity index is 1.40. The lowest BCUT2D eigenvalue weighted by atomic mass is 10.2. The summed E-state index contributed by atoms with van der Waals surface area (Å²) in [5, 5.41) is 4.15. The molecule has 1 saturated heterocycles. The van der Waals surface area contributed by atoms with Crippen molar-refractivity contribution < 1.29 is 9.53 Å². The minimum atomic E-state index is 0.140. The van der Waals surface area contributed by atoms with E-state index in [4.69, 9.17) is 16.3 Å². The number of para-hydroxylation sites is 1. The van der Waals surface area contributed by atoms with Gasteiger partial charge in [0.15, 0.2) is 0 Å². The molecule has 3 rings (SSSR count). The Morgan fingerprint density at radius 1 is 1.17 bits per heavy atom. The standard InChI is InChI=1S/C19H21ClN2O2/c20-15-6-8-18(9-7-15)24-13-11-19(23)22-12-10-17(14-22)21-16-4-2-1-3-5-16/h1-9,17,21H,10-14H2. The van der Waals surface area contributed by atoms with Gasteiger partial charge in [0.2, 0.25) is 5.91 Å². The van der Waals surface area contributed by atoms with E-state index in [2.05, 4.69) is 5.32 Å². The van der Waals surface area contributed by atoms with Crippen molar-refractivity contribution in [3.63, 3.8) is 0 Å². The number of nitrogens with zero attached hydrogens (tertiary/aromatic N) is 1. The first kappa shape index (κ1) is 16.7. The number of carbonyl (C=O) groups is 1. The number of hydrogen-bond acceptors (Lipinski definition) is 3. The zero-order valence-corrected chi connectivity index (χ0v) is 14.2. The second kappa shape index (κ2) is 8.06. The summed E-state index contributed by atoms with van der Waals surface area (Å²) < 4.78 is 5.59. The van der Waals surface area contributed by atoms with Crippen LogP contribution >= 0.6 is 11.6 Å². The van der Waals surface area contributed by atoms with Crippen molar-refractivity contribution in [2.45, 2.75) is 18.9 Å². The molecular weight excluding hydrogens is 324 g/mol. The minimum absolute atomic E-state index is 0.140. The van der Waals surface area contributed by atoms with Crippen molar-refractivity contribution in [3.05, 3.63) is 59.6 Å². The molecule has 126 valence electrons. The quantitative estimate of drug-likeness (QED) is 0.866. The molecule has 4 nitrogen and oxygen atoms in total. The van der Waals surface area contributed by atoms with Crippen molar-refractivity contribution in [1.29, 1.82) is 0 Å². The number of rotatable bonds is 6. The van der Waals surface area contributed by atoms with Crippen LogP contribution in [0.5, 0.6) is 5.75 Å². The molecule has 1 heterocycles. The number of likely N-dealkylation sites (tertiary alicyclic amines) is 1. The van der Waals surface area contributed by atoms with Gasteiger partial charge < -0.3 is 15.0 Å². The number of amides is 1. The molecule has 0 aliphatic carbocycles. The van der Waals surface area contributed by atoms with Gasteiger partial charge in [0.05, 0.1) is 13.0 Å². The van der Waals surface area contributed by atoms with E-state index >= 15 is 0 Å². The van der Waals surface area contributed by atoms with Crippen LogP contribution in [0.2, 0.25) is 5.02 Å². The van der Waals surface area contributed by atoms with Crippen molar-refractivity contribution >= 4 is 23.2 Å². The van der Waals surface area contributed by atoms with Crippen molar-refractivity contribution in [1.82, 2.24) is 4.90 Å². The number of carbonyl (C=O) groups excluding carboxylic acids is 1. The van der Waals surface area contributed by atoms with E-state index in [0.717, 1.165) is 30.9 Å². The number of halogens is 1. The molecule has 1 amide bonds. The van der Waals surface area contributed by atoms with Gasteiger partial charge in [0, 0.05) is 29.8 Å². The van der Waals surface area contributed by atoms with Crippen LogP contribution in [0.1, 0.15) is 12.8 Å². The molecular formula is C19H21ClN2O2. The highest BCUT2D eigenvalue weighted by Gasteiger charge is 2.25. The van der Waals surface area contributed by atoms with Gasteiger partial charge in [-0.25, -0.2) is 0 Å². The van der Waals surface area contributed by atoms with Crippen LogP contribution < -0.4 is 10.1 Å². The van der Waals surface area contributed by atoms with Gasteiger partial charge in [0.25, 0.3) is 0 Å². The van der Waals surface area contributed by atoms with Gasteiger partial charge in [-0.05, 0) is 42.8 Å². The third kappa shape index (κ3) is 4.65. The Morgan fingerprint density at radius 3 is 2.67 bits per heavy atom. The molecule has 1 aliphatic heterocycles. The SMILES string of the molecule is O=C(CCOc1ccc(Cl)cc1)N1CCC(Nc2ccccc2)C1. The summed E-state index contributed by atoms with van der Waals surface area (Å²) in [6.45, 7) is 1.92. The van der Waals surface area contributed by atoms with Crippen molar-refractivity contribution in [2.24, 2.45) is 0 Å². The molecule has 5 heteroatoms. The summed E-state index contributed by atoms with van der Waals surface area (Å²) in [4.78, 5) is 14.2. The number of nitrogens with one attached hydrogen (secondary N) is 1. The molecule has 0 aromatic heterocycles. The normalized spacial score (nSPS) is 16.9. The van der Waals surface area contributed by atoms with Gasteiger partial charge >= 0.3 is 0 Å². The molecule has 0 bridgehead atoms. The number of hydrogen-bond donors (Lipinski definition) is 1. The van der Waals surface area contributed by atoms with Crippen molar-refractivity contribution in [2.75, 3.05) is 25.0 Å². The second-order valence-electron chi connectivity index (χ2n) is 5.89. The van der Waals surface area contributed by atoms with E-state index in [1.807, 2.05) is 47.4 Å². The van der Waals surface area contributed by atoms with Crippen LogP contribution in [0, 0.1) is 0 Å². The number of benzene rings is 2. The van der Waals surface area contributed by atoms with E-state index < -0.39 is 0 Å². The van der Waals surface area contributed by atoms with E-state index in [-0.39, 0.29) is 5.91 Å². The van der Waals surface area contributed by atoms with Gasteiger partial charge in [-0.3, -0.25) is 4.79 Å². The summed E-state index contributed by atoms with van der Waals surface area (Å²) in [7, 11) is 0. The maximum absolute atomic E-state index is 12.3. The van der Waals surface area contributed by atoms with E-state index in [1.54, 1.807) is 12.1 Å². The monoisotopic (exact) mass is 344 g/mol. The molecule has 2 aromatic rings. The highest BCUT2D eigenvalue weighted by atomic mass is 35.5. The first-order valence-electron chi connectivity index (χ1n) is 8.18. The fraction of sp³-hybridized carbons (Fsp3) is 0.316. The fourth-order valence-electron chi connectivity index (χ4n) is 2.82. The molecule has 1 unspecified atom stereocenters. The Kier molecular flexibility index (Phi) is 5.59. The summed E-state index contributed by atoms with van der Waals surface area (Å²) in [5.41, 5.74) is 1.10. The molecule has 2 aromatic carbocycles. The van der Waals surface area contributed by atoms with Gasteiger partial charge in [-0.2, -0.15) is 0 Å². The summed E-state index contributed by atoms with van der Waals surface area (Å²) >= 11 is 5.83. The zero-order chi connectivity index (χ0) is 16.8. The average Bonchev–Trinajstić information content (AvgIpc) is 3.06. The highest BCUT2D eigenvalue weighted by Crippen LogP contribution is 2.18. The predicted molar refractivity (Wildman–Crippen MR) is 96.6 cm³/mol. The zero-order valence-electron chi connectivity index (χ0n) is 13.5. The number of ether oxygens (including phenoxy) is 1. The lowest BCUT2D eigenvalue weighted by Gasteiger charge is -2.18. The van der Waals surface area contributed by atoms with Gasteiger partial charge in [-0.15, -0.1) is 0 Å². The first-order valence-corrected chi connectivity index (χ1v) is 8.56. The lowest BCUT2D eigenvalue weighted by Crippen LogP contribution is -2.32. The van der Waals surface area contributed by atoms with Crippen LogP contribution in [0.4, 0.5) is 5.69 Å². The molecule has 1 N–H and O–H groups in total. The topological polar surface area (TPSA) is 41.6 Å².